The molecule has 0 saturated carbocycles. The predicted octanol–water partition coefficient (Wildman–Crippen LogP) is 0.418. The number of aliphatic hydroxyl groups is 1. The maximum atomic E-state index is 12.1. The van der Waals surface area contributed by atoms with Gasteiger partial charge in [-0.25, -0.2) is 4.98 Å². The number of carbonyl (C=O) groups is 1. The van der Waals surface area contributed by atoms with E-state index in [-0.39, 0.29) is 5.96 Å². The summed E-state index contributed by atoms with van der Waals surface area (Å²) in [5.41, 5.74) is 10.7. The average Bonchev–Trinajstić information content (AvgIpc) is 3.01. The maximum Gasteiger partial charge on any atom is 0.280 e. The molecule has 0 aliphatic carbocycles. The Hall–Kier alpha value is -2.87. The van der Waals surface area contributed by atoms with Crippen LogP contribution in [0.15, 0.2) is 41.9 Å². The number of aliphatic imine (C=N–C) groups is 1. The van der Waals surface area contributed by atoms with Crippen molar-refractivity contribution in [2.75, 3.05) is 0 Å². The number of aliphatic hydroxyl groups excluding tert-OH is 1. The molecule has 5 N–H and O–H groups in total. The number of nitrogens with zero attached hydrogens (tertiary/aromatic N) is 3. The number of guanidine groups is 1. The van der Waals surface area contributed by atoms with Crippen molar-refractivity contribution in [2.45, 2.75) is 31.6 Å². The molecule has 0 radical (unpaired) electrons. The van der Waals surface area contributed by atoms with Crippen molar-refractivity contribution in [3.8, 4) is 5.75 Å². The number of imidazole rings is 1. The van der Waals surface area contributed by atoms with Gasteiger partial charge < -0.3 is 25.9 Å². The Morgan fingerprint density at radius 1 is 1.42 bits per heavy atom. The fraction of sp³-hybridized carbons (Fsp3) is 0.312. The molecule has 2 aromatic rings. The van der Waals surface area contributed by atoms with Crippen LogP contribution in [0, 0.1) is 0 Å². The highest BCUT2D eigenvalue weighted by Crippen LogP contribution is 2.42. The standard InChI is InChI=1S/C16H19N5O3/c1-16(2)13(22)12(21-6-5-19-8-21)10-7-9(3-4-11(10)24-16)14(23)20-15(17)18/h3-8,12-13,22H,1-2H3,(H4,17,18,20,23)/t12-,13+/m0/s1. The van der Waals surface area contributed by atoms with Gasteiger partial charge in [0.05, 0.1) is 12.4 Å². The lowest BCUT2D eigenvalue weighted by molar-refractivity contribution is -0.0637. The maximum absolute atomic E-state index is 12.1. The van der Waals surface area contributed by atoms with Crippen LogP contribution in [0.5, 0.6) is 5.75 Å². The van der Waals surface area contributed by atoms with Gasteiger partial charge in [0.2, 0.25) is 0 Å². The number of ether oxygens (including phenoxy) is 1. The molecule has 0 spiro atoms. The topological polar surface area (TPSA) is 129 Å². The summed E-state index contributed by atoms with van der Waals surface area (Å²) in [6.07, 6.45) is 4.16. The zero-order chi connectivity index (χ0) is 17.5. The molecule has 126 valence electrons. The second-order valence-electron chi connectivity index (χ2n) is 6.20. The van der Waals surface area contributed by atoms with Gasteiger partial charge in [0.15, 0.2) is 5.96 Å². The van der Waals surface area contributed by atoms with Gasteiger partial charge in [0.25, 0.3) is 5.91 Å². The molecule has 1 aromatic heterocycles. The van der Waals surface area contributed by atoms with Crippen molar-refractivity contribution in [1.82, 2.24) is 9.55 Å². The van der Waals surface area contributed by atoms with E-state index in [0.29, 0.717) is 16.9 Å². The molecule has 1 aliphatic rings. The van der Waals surface area contributed by atoms with Gasteiger partial charge in [-0.15, -0.1) is 0 Å². The molecule has 8 heteroatoms. The first-order chi connectivity index (χ1) is 11.3. The summed E-state index contributed by atoms with van der Waals surface area (Å²) in [5.74, 6) is -0.270. The predicted molar refractivity (Wildman–Crippen MR) is 87.7 cm³/mol. The summed E-state index contributed by atoms with van der Waals surface area (Å²) in [6.45, 7) is 3.62. The molecule has 0 unspecified atom stereocenters. The summed E-state index contributed by atoms with van der Waals surface area (Å²) in [6, 6.07) is 4.46. The van der Waals surface area contributed by atoms with E-state index in [0.717, 1.165) is 0 Å². The van der Waals surface area contributed by atoms with Crippen LogP contribution in [-0.2, 0) is 0 Å². The number of nitrogens with two attached hydrogens (primary N) is 2. The Morgan fingerprint density at radius 3 is 2.79 bits per heavy atom. The van der Waals surface area contributed by atoms with Crippen LogP contribution in [0.3, 0.4) is 0 Å². The minimum atomic E-state index is -0.840. The van der Waals surface area contributed by atoms with Gasteiger partial charge in [0, 0.05) is 23.5 Å². The number of carbonyl (C=O) groups excluding carboxylic acids is 1. The molecule has 0 fully saturated rings. The average molecular weight is 329 g/mol. The van der Waals surface area contributed by atoms with E-state index in [2.05, 4.69) is 9.98 Å². The van der Waals surface area contributed by atoms with Crippen LogP contribution in [0.25, 0.3) is 0 Å². The number of hydrogen-bond donors (Lipinski definition) is 3. The molecule has 3 rings (SSSR count). The summed E-state index contributed by atoms with van der Waals surface area (Å²) in [5, 5.41) is 10.8. The highest BCUT2D eigenvalue weighted by molar-refractivity contribution is 6.02. The van der Waals surface area contributed by atoms with Crippen molar-refractivity contribution in [3.05, 3.63) is 48.0 Å². The number of aromatic nitrogens is 2. The van der Waals surface area contributed by atoms with Gasteiger partial charge in [-0.2, -0.15) is 4.99 Å². The first-order valence-corrected chi connectivity index (χ1v) is 7.42. The third-order valence-corrected chi connectivity index (χ3v) is 4.04. The van der Waals surface area contributed by atoms with Crippen LogP contribution in [0.4, 0.5) is 0 Å². The van der Waals surface area contributed by atoms with Crippen molar-refractivity contribution in [1.29, 1.82) is 0 Å². The zero-order valence-corrected chi connectivity index (χ0v) is 13.4. The number of amides is 1. The molecule has 1 aromatic carbocycles. The number of benzene rings is 1. The fourth-order valence-electron chi connectivity index (χ4n) is 2.84. The summed E-state index contributed by atoms with van der Waals surface area (Å²) < 4.78 is 7.68. The zero-order valence-electron chi connectivity index (χ0n) is 13.4. The van der Waals surface area contributed by atoms with E-state index < -0.39 is 23.7 Å². The summed E-state index contributed by atoms with van der Waals surface area (Å²) in [7, 11) is 0. The monoisotopic (exact) mass is 329 g/mol. The summed E-state index contributed by atoms with van der Waals surface area (Å²) in [4.78, 5) is 19.7. The second-order valence-corrected chi connectivity index (χ2v) is 6.20. The Balaban J connectivity index is 2.12. The third kappa shape index (κ3) is 2.71. The van der Waals surface area contributed by atoms with Crippen LogP contribution in [-0.4, -0.2) is 38.2 Å². The first-order valence-electron chi connectivity index (χ1n) is 7.42. The molecule has 2 atom stereocenters. The van der Waals surface area contributed by atoms with E-state index >= 15 is 0 Å². The smallest absolute Gasteiger partial charge is 0.280 e. The number of hydrogen-bond acceptors (Lipinski definition) is 4. The molecule has 24 heavy (non-hydrogen) atoms. The number of rotatable bonds is 2. The fourth-order valence-corrected chi connectivity index (χ4v) is 2.84. The van der Waals surface area contributed by atoms with Crippen LogP contribution >= 0.6 is 0 Å². The van der Waals surface area contributed by atoms with Crippen LogP contribution in [0.2, 0.25) is 0 Å². The first kappa shape index (κ1) is 16.0. The third-order valence-electron chi connectivity index (χ3n) is 4.04. The Labute approximate surface area is 138 Å². The van der Waals surface area contributed by atoms with Gasteiger partial charge in [0.1, 0.15) is 17.5 Å². The van der Waals surface area contributed by atoms with E-state index in [9.17, 15) is 9.90 Å². The highest BCUT2D eigenvalue weighted by atomic mass is 16.5. The Kier molecular flexibility index (Phi) is 3.76. The lowest BCUT2D eigenvalue weighted by Crippen LogP contribution is -2.50. The van der Waals surface area contributed by atoms with Crippen molar-refractivity contribution >= 4 is 11.9 Å². The molecule has 8 nitrogen and oxygen atoms in total. The van der Waals surface area contributed by atoms with E-state index in [1.807, 2.05) is 13.8 Å². The van der Waals surface area contributed by atoms with E-state index in [1.54, 1.807) is 41.5 Å². The SMILES string of the molecule is CC1(C)Oc2ccc(C(=O)N=C(N)N)cc2[C@H](n2ccnc2)[C@H]1O. The Bertz CT molecular complexity index is 794. The summed E-state index contributed by atoms with van der Waals surface area (Å²) >= 11 is 0. The minimum absolute atomic E-state index is 0.304. The van der Waals surface area contributed by atoms with Crippen molar-refractivity contribution in [3.63, 3.8) is 0 Å². The number of fused-ring (bicyclic) bond motifs is 1. The normalized spacial score (nSPS) is 21.5. The minimum Gasteiger partial charge on any atom is -0.485 e. The highest BCUT2D eigenvalue weighted by Gasteiger charge is 2.43. The van der Waals surface area contributed by atoms with Crippen molar-refractivity contribution in [2.24, 2.45) is 16.5 Å². The molecular formula is C16H19N5O3. The molecule has 2 heterocycles. The molecule has 1 amide bonds. The molecule has 0 bridgehead atoms. The van der Waals surface area contributed by atoms with E-state index in [4.69, 9.17) is 16.2 Å². The van der Waals surface area contributed by atoms with Gasteiger partial charge >= 0.3 is 0 Å². The van der Waals surface area contributed by atoms with Gasteiger partial charge in [-0.1, -0.05) is 0 Å². The Morgan fingerprint density at radius 2 is 2.17 bits per heavy atom. The molecule has 0 saturated heterocycles. The second kappa shape index (κ2) is 5.64. The lowest BCUT2D eigenvalue weighted by Gasteiger charge is -2.42. The van der Waals surface area contributed by atoms with Gasteiger partial charge in [-0.3, -0.25) is 4.79 Å². The van der Waals surface area contributed by atoms with Crippen LogP contribution < -0.4 is 16.2 Å². The van der Waals surface area contributed by atoms with Gasteiger partial charge in [-0.05, 0) is 32.0 Å². The van der Waals surface area contributed by atoms with Crippen LogP contribution in [0.1, 0.15) is 35.8 Å². The molecular weight excluding hydrogens is 310 g/mol. The quantitative estimate of drug-likeness (QED) is 0.541. The lowest BCUT2D eigenvalue weighted by atomic mass is 9.85. The van der Waals surface area contributed by atoms with Crippen molar-refractivity contribution < 1.29 is 14.6 Å². The largest absolute Gasteiger partial charge is 0.485 e. The molecule has 1 aliphatic heterocycles. The van der Waals surface area contributed by atoms with E-state index in [1.165, 1.54) is 0 Å².